The average Bonchev–Trinajstić information content (AvgIpc) is 3.48. The first-order valence-corrected chi connectivity index (χ1v) is 18.2. The van der Waals surface area contributed by atoms with E-state index in [1.807, 2.05) is 6.92 Å². The number of benzene rings is 5. The van der Waals surface area contributed by atoms with Crippen LogP contribution in [0.25, 0.3) is 28.0 Å². The van der Waals surface area contributed by atoms with Crippen LogP contribution in [0.1, 0.15) is 58.1 Å². The minimum Gasteiger partial charge on any atom is -0.258 e. The van der Waals surface area contributed by atoms with E-state index in [2.05, 4.69) is 178 Å². The molecule has 1 aromatic heterocycles. The van der Waals surface area contributed by atoms with Crippen LogP contribution in [0.2, 0.25) is 0 Å². The molecule has 0 bridgehead atoms. The van der Waals surface area contributed by atoms with Gasteiger partial charge in [0.05, 0.1) is 16.8 Å². The summed E-state index contributed by atoms with van der Waals surface area (Å²) in [4.78, 5) is 10.4. The molecule has 2 nitrogen and oxygen atoms in total. The Kier molecular flexibility index (Phi) is 7.62. The molecule has 0 fully saturated rings. The van der Waals surface area contributed by atoms with Gasteiger partial charge in [-0.15, -0.1) is 0 Å². The van der Waals surface area contributed by atoms with Crippen LogP contribution in [-0.4, -0.2) is 10.7 Å². The highest BCUT2D eigenvalue weighted by atomic mass is 14.8. The maximum absolute atomic E-state index is 5.66. The third kappa shape index (κ3) is 4.93. The molecule has 0 saturated heterocycles. The Labute approximate surface area is 301 Å². The minimum atomic E-state index is -0.455. The molecular weight excluding hydrogens is 617 g/mol. The fourth-order valence-electron chi connectivity index (χ4n) is 8.94. The van der Waals surface area contributed by atoms with Crippen molar-refractivity contribution in [3.05, 3.63) is 214 Å². The molecule has 2 heteroatoms. The molecule has 0 amide bonds. The molecule has 0 saturated carbocycles. The Hall–Kier alpha value is -5.86. The van der Waals surface area contributed by atoms with Crippen LogP contribution in [0, 0.1) is 25.7 Å². The van der Waals surface area contributed by atoms with E-state index in [9.17, 15) is 0 Å². The van der Waals surface area contributed by atoms with Crippen molar-refractivity contribution in [2.75, 3.05) is 0 Å². The van der Waals surface area contributed by atoms with Gasteiger partial charge in [-0.25, -0.2) is 0 Å². The molecule has 2 heterocycles. The molecule has 1 aliphatic heterocycles. The normalized spacial score (nSPS) is 18.2. The highest BCUT2D eigenvalue weighted by Crippen LogP contribution is 2.57. The van der Waals surface area contributed by atoms with Gasteiger partial charge in [0.15, 0.2) is 0 Å². The summed E-state index contributed by atoms with van der Waals surface area (Å²) in [7, 11) is 0. The molecule has 51 heavy (non-hydrogen) atoms. The summed E-state index contributed by atoms with van der Waals surface area (Å²) in [5, 5.41) is 0. The van der Waals surface area contributed by atoms with Crippen LogP contribution in [0.5, 0.6) is 0 Å². The number of aryl methyl sites for hydroxylation is 2. The van der Waals surface area contributed by atoms with Crippen LogP contribution in [0.3, 0.4) is 0 Å². The van der Waals surface area contributed by atoms with Crippen LogP contribution < -0.4 is 0 Å². The highest BCUT2D eigenvalue weighted by molar-refractivity contribution is 6.08. The van der Waals surface area contributed by atoms with Gasteiger partial charge in [0.2, 0.25) is 0 Å². The molecule has 0 N–H and O–H groups in total. The predicted octanol–water partition coefficient (Wildman–Crippen LogP) is 11.7. The van der Waals surface area contributed by atoms with Gasteiger partial charge in [0.1, 0.15) is 0 Å². The predicted molar refractivity (Wildman–Crippen MR) is 212 cm³/mol. The number of fused-ring (bicyclic) bond motifs is 4. The molecule has 2 atom stereocenters. The summed E-state index contributed by atoms with van der Waals surface area (Å²) in [6, 6.07) is 51.4. The fourth-order valence-corrected chi connectivity index (χ4v) is 8.94. The third-order valence-corrected chi connectivity index (χ3v) is 11.2. The number of hydrogen-bond donors (Lipinski definition) is 0. The van der Waals surface area contributed by atoms with E-state index >= 15 is 0 Å². The van der Waals surface area contributed by atoms with Crippen molar-refractivity contribution in [1.29, 1.82) is 0 Å². The molecule has 9 rings (SSSR count). The zero-order valence-corrected chi connectivity index (χ0v) is 29.3. The molecule has 0 radical (unpaired) electrons. The lowest BCUT2D eigenvalue weighted by atomic mass is 9.67. The summed E-state index contributed by atoms with van der Waals surface area (Å²) >= 11 is 0. The second kappa shape index (κ2) is 12.5. The van der Waals surface area contributed by atoms with Crippen LogP contribution in [0.4, 0.5) is 0 Å². The number of nitrogens with zero attached hydrogens (tertiary/aromatic N) is 2. The Morgan fingerprint density at radius 2 is 1.22 bits per heavy atom. The van der Waals surface area contributed by atoms with Gasteiger partial charge in [0, 0.05) is 34.4 Å². The maximum Gasteiger partial charge on any atom is 0.0743 e. The molecule has 6 aromatic rings. The van der Waals surface area contributed by atoms with Gasteiger partial charge < -0.3 is 0 Å². The van der Waals surface area contributed by atoms with Crippen LogP contribution in [0.15, 0.2) is 174 Å². The Morgan fingerprint density at radius 1 is 0.588 bits per heavy atom. The van der Waals surface area contributed by atoms with E-state index < -0.39 is 5.41 Å². The molecule has 246 valence electrons. The van der Waals surface area contributed by atoms with Crippen LogP contribution >= 0.6 is 0 Å². The zero-order valence-electron chi connectivity index (χ0n) is 29.3. The van der Waals surface area contributed by atoms with E-state index in [1.54, 1.807) is 0 Å². The summed E-state index contributed by atoms with van der Waals surface area (Å²) in [5.41, 5.74) is 17.6. The average molecular weight is 657 g/mol. The minimum absolute atomic E-state index is 0.254. The van der Waals surface area contributed by atoms with Crippen molar-refractivity contribution in [3.63, 3.8) is 0 Å². The number of aromatic nitrogens is 1. The number of pyridine rings is 1. The first kappa shape index (κ1) is 31.1. The van der Waals surface area contributed by atoms with Crippen LogP contribution in [-0.2, 0) is 5.41 Å². The lowest BCUT2D eigenvalue weighted by Gasteiger charge is -2.35. The molecule has 2 unspecified atom stereocenters. The van der Waals surface area contributed by atoms with E-state index in [0.717, 1.165) is 34.8 Å². The van der Waals surface area contributed by atoms with Gasteiger partial charge in [0.25, 0.3) is 0 Å². The molecule has 2 aliphatic carbocycles. The SMILES string of the molecule is CCC1C(c2ccc(-c3ccc(C)nc3C)cc2)=NC(c2ccc3c(c2)C(c2ccccc2)(c2ccccc2)c2ccccc2-3)=C2C=CC=CC21. The first-order valence-electron chi connectivity index (χ1n) is 18.2. The third-order valence-electron chi connectivity index (χ3n) is 11.2. The topological polar surface area (TPSA) is 25.2 Å². The maximum atomic E-state index is 5.66. The quantitative estimate of drug-likeness (QED) is 0.175. The molecule has 3 aliphatic rings. The van der Waals surface area contributed by atoms with Crippen molar-refractivity contribution >= 4 is 11.4 Å². The monoisotopic (exact) mass is 656 g/mol. The first-order chi connectivity index (χ1) is 25.1. The van der Waals surface area contributed by atoms with Gasteiger partial charge >= 0.3 is 0 Å². The lowest BCUT2D eigenvalue weighted by Crippen LogP contribution is -2.29. The number of allylic oxidation sites excluding steroid dienone is 5. The summed E-state index contributed by atoms with van der Waals surface area (Å²) in [5.74, 6) is 0.536. The van der Waals surface area contributed by atoms with Crippen molar-refractivity contribution in [3.8, 4) is 22.3 Å². The van der Waals surface area contributed by atoms with Crippen molar-refractivity contribution in [1.82, 2.24) is 4.98 Å². The fraction of sp³-hybridized carbons (Fsp3) is 0.143. The summed E-state index contributed by atoms with van der Waals surface area (Å²) in [6.45, 7) is 6.43. The summed E-state index contributed by atoms with van der Waals surface area (Å²) in [6.07, 6.45) is 10.1. The lowest BCUT2D eigenvalue weighted by molar-refractivity contribution is 0.549. The zero-order chi connectivity index (χ0) is 34.5. The van der Waals surface area contributed by atoms with Gasteiger partial charge in [-0.05, 0) is 82.5 Å². The molecule has 0 spiro atoms. The van der Waals surface area contributed by atoms with E-state index in [0.29, 0.717) is 0 Å². The van der Waals surface area contributed by atoms with E-state index in [1.165, 1.54) is 55.6 Å². The molecular formula is C49H40N2. The number of rotatable bonds is 6. The Morgan fingerprint density at radius 3 is 1.92 bits per heavy atom. The highest BCUT2D eigenvalue weighted by Gasteiger charge is 2.46. The second-order valence-corrected chi connectivity index (χ2v) is 14.0. The van der Waals surface area contributed by atoms with Crippen molar-refractivity contribution in [2.45, 2.75) is 32.6 Å². The number of hydrogen-bond acceptors (Lipinski definition) is 2. The smallest absolute Gasteiger partial charge is 0.0743 e. The Balaban J connectivity index is 1.24. The standard InChI is InChI=1S/C49H40N2/c1-4-39-41-19-11-12-21-44(41)48(51-47(39)35-26-24-34(25-27-35)40-29-23-32(2)50-33(40)3)36-28-30-43-42-20-13-14-22-45(42)49(46(43)31-36,37-15-7-5-8-16-37)38-17-9-6-10-18-38/h5-31,39,41H,4H2,1-3H3. The van der Waals surface area contributed by atoms with Crippen molar-refractivity contribution < 1.29 is 0 Å². The van der Waals surface area contributed by atoms with Crippen molar-refractivity contribution in [2.24, 2.45) is 16.8 Å². The number of aliphatic imine (C=N–C) groups is 1. The van der Waals surface area contributed by atoms with Gasteiger partial charge in [-0.1, -0.05) is 159 Å². The largest absolute Gasteiger partial charge is 0.258 e. The molecule has 5 aromatic carbocycles. The Bertz CT molecular complexity index is 2370. The van der Waals surface area contributed by atoms with Gasteiger partial charge in [-0.3, -0.25) is 9.98 Å². The van der Waals surface area contributed by atoms with E-state index in [-0.39, 0.29) is 11.8 Å². The summed E-state index contributed by atoms with van der Waals surface area (Å²) < 4.78 is 0. The van der Waals surface area contributed by atoms with Gasteiger partial charge in [-0.2, -0.15) is 0 Å². The van der Waals surface area contributed by atoms with E-state index in [4.69, 9.17) is 9.98 Å². The second-order valence-electron chi connectivity index (χ2n) is 14.0.